The molecule has 1 aromatic heterocycles. The number of likely N-dealkylation sites (N-methyl/N-ethyl adjacent to an activating group) is 1. The summed E-state index contributed by atoms with van der Waals surface area (Å²) in [6, 6.07) is 12.1. The van der Waals surface area contributed by atoms with Crippen molar-refractivity contribution in [2.75, 3.05) is 23.8 Å². The maximum atomic E-state index is 12.1. The summed E-state index contributed by atoms with van der Waals surface area (Å²) < 4.78 is 0. The van der Waals surface area contributed by atoms with Gasteiger partial charge in [0.05, 0.1) is 0 Å². The van der Waals surface area contributed by atoms with E-state index >= 15 is 0 Å². The molecule has 24 heavy (non-hydrogen) atoms. The van der Waals surface area contributed by atoms with E-state index in [1.54, 1.807) is 0 Å². The van der Waals surface area contributed by atoms with Crippen LogP contribution in [0.5, 0.6) is 0 Å². The summed E-state index contributed by atoms with van der Waals surface area (Å²) in [7, 11) is 2.08. The van der Waals surface area contributed by atoms with E-state index in [1.807, 2.05) is 36.7 Å². The average Bonchev–Trinajstić information content (AvgIpc) is 2.62. The number of carbonyl (C=O) groups excluding carboxylic acids is 1. The molecule has 128 valence electrons. The number of nitrogens with one attached hydrogen (secondary N) is 1. The molecule has 4 nitrogen and oxygen atoms in total. The zero-order chi connectivity index (χ0) is 17.4. The highest BCUT2D eigenvalue weighted by Gasteiger charge is 2.14. The predicted molar refractivity (Wildman–Crippen MR) is 100 cm³/mol. The Hall–Kier alpha value is -2.36. The monoisotopic (exact) mass is 325 g/mol. The number of amides is 1. The van der Waals surface area contributed by atoms with Crippen molar-refractivity contribution in [1.29, 1.82) is 0 Å². The third kappa shape index (κ3) is 5.08. The quantitative estimate of drug-likeness (QED) is 0.793. The number of carbonyl (C=O) groups is 1. The van der Waals surface area contributed by atoms with Gasteiger partial charge in [-0.3, -0.25) is 9.78 Å². The lowest BCUT2D eigenvalue weighted by Gasteiger charge is -2.20. The molecular formula is C20H27N3O. The van der Waals surface area contributed by atoms with Crippen LogP contribution in [0.2, 0.25) is 0 Å². The van der Waals surface area contributed by atoms with E-state index in [0.717, 1.165) is 37.2 Å². The number of hydrogen-bond donors (Lipinski definition) is 1. The number of anilines is 2. The van der Waals surface area contributed by atoms with E-state index in [0.29, 0.717) is 0 Å². The molecule has 0 atom stereocenters. The predicted octanol–water partition coefficient (Wildman–Crippen LogP) is 4.14. The van der Waals surface area contributed by atoms with Crippen molar-refractivity contribution >= 4 is 17.3 Å². The molecule has 0 saturated carbocycles. The highest BCUT2D eigenvalue weighted by molar-refractivity contribution is 5.92. The number of nitrogens with zero attached hydrogens (tertiary/aromatic N) is 2. The number of aromatic nitrogens is 1. The highest BCUT2D eigenvalue weighted by Crippen LogP contribution is 2.19. The van der Waals surface area contributed by atoms with Gasteiger partial charge in [-0.1, -0.05) is 13.8 Å². The molecule has 2 aromatic rings. The number of benzene rings is 1. The van der Waals surface area contributed by atoms with E-state index in [4.69, 9.17) is 0 Å². The molecule has 0 bridgehead atoms. The zero-order valence-electron chi connectivity index (χ0n) is 14.8. The summed E-state index contributed by atoms with van der Waals surface area (Å²) in [5.41, 5.74) is 3.29. The van der Waals surface area contributed by atoms with Crippen molar-refractivity contribution in [3.05, 3.63) is 54.4 Å². The Morgan fingerprint density at radius 1 is 1.08 bits per heavy atom. The van der Waals surface area contributed by atoms with E-state index in [9.17, 15) is 4.79 Å². The summed E-state index contributed by atoms with van der Waals surface area (Å²) in [5, 5.41) is 3.00. The first kappa shape index (κ1) is 18.0. The lowest BCUT2D eigenvalue weighted by molar-refractivity contribution is -0.120. The van der Waals surface area contributed by atoms with Gasteiger partial charge in [0.1, 0.15) is 0 Å². The Morgan fingerprint density at radius 3 is 2.29 bits per heavy atom. The van der Waals surface area contributed by atoms with Crippen molar-refractivity contribution in [3.63, 3.8) is 0 Å². The molecule has 0 fully saturated rings. The van der Waals surface area contributed by atoms with Gasteiger partial charge < -0.3 is 10.2 Å². The largest absolute Gasteiger partial charge is 0.374 e. The van der Waals surface area contributed by atoms with Crippen molar-refractivity contribution in [1.82, 2.24) is 4.98 Å². The molecule has 0 spiro atoms. The van der Waals surface area contributed by atoms with Gasteiger partial charge in [0.2, 0.25) is 5.91 Å². The normalized spacial score (nSPS) is 10.7. The van der Waals surface area contributed by atoms with Gasteiger partial charge in [0.15, 0.2) is 0 Å². The molecule has 1 aromatic carbocycles. The zero-order valence-corrected chi connectivity index (χ0v) is 14.8. The van der Waals surface area contributed by atoms with Crippen LogP contribution in [0.15, 0.2) is 48.8 Å². The maximum Gasteiger partial charge on any atom is 0.227 e. The Kier molecular flexibility index (Phi) is 6.79. The van der Waals surface area contributed by atoms with Crippen LogP contribution in [0.3, 0.4) is 0 Å². The Bertz CT molecular complexity index is 621. The van der Waals surface area contributed by atoms with Crippen LogP contribution >= 0.6 is 0 Å². The summed E-state index contributed by atoms with van der Waals surface area (Å²) in [6.45, 7) is 5.03. The molecule has 1 N–H and O–H groups in total. The van der Waals surface area contributed by atoms with Crippen LogP contribution < -0.4 is 10.2 Å². The van der Waals surface area contributed by atoms with E-state index in [2.05, 4.69) is 48.2 Å². The van der Waals surface area contributed by atoms with Crippen LogP contribution in [-0.4, -0.2) is 24.5 Å². The maximum absolute atomic E-state index is 12.1. The molecule has 1 amide bonds. The van der Waals surface area contributed by atoms with Crippen molar-refractivity contribution < 1.29 is 4.79 Å². The Labute approximate surface area is 144 Å². The van der Waals surface area contributed by atoms with E-state index < -0.39 is 0 Å². The van der Waals surface area contributed by atoms with Crippen LogP contribution in [0.25, 0.3) is 0 Å². The lowest BCUT2D eigenvalue weighted by Crippen LogP contribution is -2.22. The lowest BCUT2D eigenvalue weighted by atomic mass is 10.0. The van der Waals surface area contributed by atoms with E-state index in [1.165, 1.54) is 5.56 Å². The average molecular weight is 325 g/mol. The summed E-state index contributed by atoms with van der Waals surface area (Å²) in [6.07, 6.45) is 6.38. The first-order valence-corrected chi connectivity index (χ1v) is 8.65. The molecule has 0 saturated heterocycles. The molecular weight excluding hydrogens is 298 g/mol. The van der Waals surface area contributed by atoms with Gasteiger partial charge in [0.25, 0.3) is 0 Å². The van der Waals surface area contributed by atoms with Crippen LogP contribution in [0, 0.1) is 5.92 Å². The van der Waals surface area contributed by atoms with Gasteiger partial charge in [-0.15, -0.1) is 0 Å². The van der Waals surface area contributed by atoms with Crippen molar-refractivity contribution in [2.24, 2.45) is 5.92 Å². The third-order valence-corrected chi connectivity index (χ3v) is 4.42. The summed E-state index contributed by atoms with van der Waals surface area (Å²) >= 11 is 0. The van der Waals surface area contributed by atoms with Gasteiger partial charge in [0, 0.05) is 43.3 Å². The van der Waals surface area contributed by atoms with Gasteiger partial charge in [-0.05, 0) is 61.2 Å². The molecule has 0 radical (unpaired) electrons. The van der Waals surface area contributed by atoms with Crippen molar-refractivity contribution in [2.45, 2.75) is 33.1 Å². The molecule has 0 aliphatic heterocycles. The SMILES string of the molecule is CCC(CC)C(=O)Nc1ccc(N(C)CCc2ccncc2)cc1. The molecule has 0 aliphatic rings. The molecule has 0 unspecified atom stereocenters. The minimum Gasteiger partial charge on any atom is -0.374 e. The smallest absolute Gasteiger partial charge is 0.227 e. The van der Waals surface area contributed by atoms with Crippen LogP contribution in [0.4, 0.5) is 11.4 Å². The molecule has 0 aliphatic carbocycles. The minimum atomic E-state index is 0.0905. The first-order valence-electron chi connectivity index (χ1n) is 8.65. The van der Waals surface area contributed by atoms with Gasteiger partial charge in [-0.2, -0.15) is 0 Å². The van der Waals surface area contributed by atoms with Gasteiger partial charge >= 0.3 is 0 Å². The topological polar surface area (TPSA) is 45.2 Å². The fourth-order valence-electron chi connectivity index (χ4n) is 2.68. The Balaban J connectivity index is 1.90. The molecule has 2 rings (SSSR count). The van der Waals surface area contributed by atoms with Gasteiger partial charge in [-0.25, -0.2) is 0 Å². The second-order valence-corrected chi connectivity index (χ2v) is 6.08. The molecule has 4 heteroatoms. The van der Waals surface area contributed by atoms with Crippen LogP contribution in [0.1, 0.15) is 32.3 Å². The second-order valence-electron chi connectivity index (χ2n) is 6.08. The van der Waals surface area contributed by atoms with Crippen molar-refractivity contribution in [3.8, 4) is 0 Å². The van der Waals surface area contributed by atoms with E-state index in [-0.39, 0.29) is 11.8 Å². The standard InChI is InChI=1S/C20H27N3O/c1-4-17(5-2)20(24)22-18-6-8-19(9-7-18)23(3)15-12-16-10-13-21-14-11-16/h6-11,13-14,17H,4-5,12,15H2,1-3H3,(H,22,24). The fraction of sp³-hybridized carbons (Fsp3) is 0.400. The summed E-state index contributed by atoms with van der Waals surface area (Å²) in [4.78, 5) is 18.4. The molecule has 1 heterocycles. The minimum absolute atomic E-state index is 0.0905. The number of hydrogen-bond acceptors (Lipinski definition) is 3. The van der Waals surface area contributed by atoms with Crippen LogP contribution in [-0.2, 0) is 11.2 Å². The number of pyridine rings is 1. The third-order valence-electron chi connectivity index (χ3n) is 4.42. The summed E-state index contributed by atoms with van der Waals surface area (Å²) in [5.74, 6) is 0.200. The highest BCUT2D eigenvalue weighted by atomic mass is 16.1. The fourth-order valence-corrected chi connectivity index (χ4v) is 2.68. The Morgan fingerprint density at radius 2 is 1.71 bits per heavy atom. The number of rotatable bonds is 8. The first-order chi connectivity index (χ1) is 11.6. The second kappa shape index (κ2) is 9.06.